The van der Waals surface area contributed by atoms with Gasteiger partial charge in [0.2, 0.25) is 0 Å². The van der Waals surface area contributed by atoms with Crippen molar-refractivity contribution in [3.05, 3.63) is 35.4 Å². The predicted molar refractivity (Wildman–Crippen MR) is 82.8 cm³/mol. The Kier molecular flexibility index (Phi) is 5.51. The number of nitrogens with one attached hydrogen (secondary N) is 1. The molecule has 0 heterocycles. The molecule has 3 nitrogen and oxygen atoms in total. The molecule has 2 rings (SSSR count). The first-order valence-electron chi connectivity index (χ1n) is 6.78. The van der Waals surface area contributed by atoms with Crippen LogP contribution in [0.5, 0.6) is 0 Å². The molecule has 106 valence electrons. The summed E-state index contributed by atoms with van der Waals surface area (Å²) >= 11 is 1.83. The fraction of sp³-hybridized carbons (Fsp3) is 0.438. The monoisotopic (exact) mass is 289 g/mol. The Balaban J connectivity index is 1.98. The standard InChI is InChI=1S/C16H19NO2S/c1-20-15-6-2-5-14(15)17-16(19)13-9-7-12(8-10-13)4-3-11-18/h7-10,14-15,18H,2,5-6,11H2,1H3,(H,17,19). The molecule has 0 aromatic heterocycles. The van der Waals surface area contributed by atoms with Gasteiger partial charge in [0.15, 0.2) is 0 Å². The molecule has 1 aliphatic rings. The summed E-state index contributed by atoms with van der Waals surface area (Å²) in [6.45, 7) is -0.153. The van der Waals surface area contributed by atoms with Crippen molar-refractivity contribution in [1.29, 1.82) is 0 Å². The minimum Gasteiger partial charge on any atom is -0.384 e. The van der Waals surface area contributed by atoms with Crippen molar-refractivity contribution in [3.63, 3.8) is 0 Å². The number of aliphatic hydroxyl groups is 1. The average Bonchev–Trinajstić information content (AvgIpc) is 2.92. The number of hydrogen-bond acceptors (Lipinski definition) is 3. The van der Waals surface area contributed by atoms with Crippen LogP contribution in [0.1, 0.15) is 35.2 Å². The molecule has 0 spiro atoms. The summed E-state index contributed by atoms with van der Waals surface area (Å²) in [4.78, 5) is 12.2. The number of carbonyl (C=O) groups is 1. The lowest BCUT2D eigenvalue weighted by Crippen LogP contribution is -2.38. The lowest BCUT2D eigenvalue weighted by molar-refractivity contribution is 0.0938. The smallest absolute Gasteiger partial charge is 0.251 e. The number of amides is 1. The Hall–Kier alpha value is -1.44. The van der Waals surface area contributed by atoms with E-state index in [9.17, 15) is 4.79 Å². The third-order valence-corrected chi connectivity index (χ3v) is 4.70. The van der Waals surface area contributed by atoms with Crippen molar-refractivity contribution < 1.29 is 9.90 Å². The van der Waals surface area contributed by atoms with Crippen molar-refractivity contribution >= 4 is 17.7 Å². The van der Waals surface area contributed by atoms with Crippen LogP contribution in [-0.4, -0.2) is 35.2 Å². The third-order valence-electron chi connectivity index (χ3n) is 3.53. The molecule has 0 bridgehead atoms. The second-order valence-corrected chi connectivity index (χ2v) is 5.90. The summed E-state index contributed by atoms with van der Waals surface area (Å²) in [6, 6.07) is 7.45. The minimum absolute atomic E-state index is 0.0161. The maximum absolute atomic E-state index is 12.2. The van der Waals surface area contributed by atoms with Gasteiger partial charge in [-0.15, -0.1) is 0 Å². The third kappa shape index (κ3) is 3.78. The van der Waals surface area contributed by atoms with Gasteiger partial charge in [-0.25, -0.2) is 0 Å². The van der Waals surface area contributed by atoms with Crippen molar-refractivity contribution in [1.82, 2.24) is 5.32 Å². The van der Waals surface area contributed by atoms with Crippen molar-refractivity contribution in [2.24, 2.45) is 0 Å². The van der Waals surface area contributed by atoms with E-state index in [0.29, 0.717) is 10.8 Å². The van der Waals surface area contributed by atoms with Gasteiger partial charge in [-0.3, -0.25) is 4.79 Å². The number of hydrogen-bond donors (Lipinski definition) is 2. The first-order valence-corrected chi connectivity index (χ1v) is 8.07. The zero-order chi connectivity index (χ0) is 14.4. The lowest BCUT2D eigenvalue weighted by Gasteiger charge is -2.19. The van der Waals surface area contributed by atoms with Gasteiger partial charge < -0.3 is 10.4 Å². The van der Waals surface area contributed by atoms with Crippen LogP contribution in [0, 0.1) is 11.8 Å². The Bertz CT molecular complexity index is 516. The molecule has 0 aliphatic heterocycles. The molecule has 4 heteroatoms. The summed E-state index contributed by atoms with van der Waals surface area (Å²) in [5.41, 5.74) is 1.46. The summed E-state index contributed by atoms with van der Waals surface area (Å²) in [5.74, 6) is 5.39. The normalized spacial score (nSPS) is 21.1. The molecule has 2 atom stereocenters. The molecule has 1 fully saturated rings. The first kappa shape index (κ1) is 15.0. The van der Waals surface area contributed by atoms with Crippen LogP contribution < -0.4 is 5.32 Å². The fourth-order valence-corrected chi connectivity index (χ4v) is 3.41. The lowest BCUT2D eigenvalue weighted by atomic mass is 10.1. The molecule has 2 unspecified atom stereocenters. The van der Waals surface area contributed by atoms with E-state index >= 15 is 0 Å². The van der Waals surface area contributed by atoms with Gasteiger partial charge in [0.05, 0.1) is 0 Å². The summed E-state index contributed by atoms with van der Waals surface area (Å²) in [6.07, 6.45) is 5.54. The Morgan fingerprint density at radius 2 is 2.15 bits per heavy atom. The van der Waals surface area contributed by atoms with E-state index in [0.717, 1.165) is 12.0 Å². The molecule has 2 N–H and O–H groups in total. The maximum atomic E-state index is 12.2. The van der Waals surface area contributed by atoms with Crippen LogP contribution in [0.2, 0.25) is 0 Å². The Morgan fingerprint density at radius 3 is 2.80 bits per heavy atom. The van der Waals surface area contributed by atoms with Gasteiger partial charge >= 0.3 is 0 Å². The highest BCUT2D eigenvalue weighted by Gasteiger charge is 2.27. The highest BCUT2D eigenvalue weighted by atomic mass is 32.2. The highest BCUT2D eigenvalue weighted by Crippen LogP contribution is 2.28. The Morgan fingerprint density at radius 1 is 1.40 bits per heavy atom. The van der Waals surface area contributed by atoms with E-state index < -0.39 is 0 Å². The topological polar surface area (TPSA) is 49.3 Å². The molecule has 1 saturated carbocycles. The SMILES string of the molecule is CSC1CCCC1NC(=O)c1ccc(C#CCO)cc1. The summed E-state index contributed by atoms with van der Waals surface area (Å²) in [7, 11) is 0. The number of aliphatic hydroxyl groups excluding tert-OH is 1. The van der Waals surface area contributed by atoms with Crippen molar-refractivity contribution in [2.45, 2.75) is 30.6 Å². The van der Waals surface area contributed by atoms with Crippen molar-refractivity contribution in [2.75, 3.05) is 12.9 Å². The molecule has 0 saturated heterocycles. The van der Waals surface area contributed by atoms with Crippen LogP contribution in [0.4, 0.5) is 0 Å². The number of benzene rings is 1. The fourth-order valence-electron chi connectivity index (χ4n) is 2.47. The van der Waals surface area contributed by atoms with Crippen LogP contribution in [0.25, 0.3) is 0 Å². The number of thioether (sulfide) groups is 1. The van der Waals surface area contributed by atoms with E-state index in [4.69, 9.17) is 5.11 Å². The van der Waals surface area contributed by atoms with E-state index in [1.807, 2.05) is 11.8 Å². The number of carbonyl (C=O) groups excluding carboxylic acids is 1. The predicted octanol–water partition coefficient (Wildman–Crippen LogP) is 2.04. The molecule has 1 aromatic carbocycles. The first-order chi connectivity index (χ1) is 9.74. The summed E-state index contributed by atoms with van der Waals surface area (Å²) in [5, 5.41) is 12.3. The molecule has 0 radical (unpaired) electrons. The molecule has 20 heavy (non-hydrogen) atoms. The summed E-state index contributed by atoms with van der Waals surface area (Å²) < 4.78 is 0. The van der Waals surface area contributed by atoms with Crippen LogP contribution in [-0.2, 0) is 0 Å². The second-order valence-electron chi connectivity index (χ2n) is 4.82. The van der Waals surface area contributed by atoms with Gasteiger partial charge in [0.25, 0.3) is 5.91 Å². The van der Waals surface area contributed by atoms with Gasteiger partial charge in [0, 0.05) is 22.4 Å². The molecule has 1 aromatic rings. The van der Waals surface area contributed by atoms with E-state index in [1.54, 1.807) is 24.3 Å². The highest BCUT2D eigenvalue weighted by molar-refractivity contribution is 7.99. The van der Waals surface area contributed by atoms with E-state index in [2.05, 4.69) is 23.4 Å². The molecular formula is C16H19NO2S. The van der Waals surface area contributed by atoms with Gasteiger partial charge in [0.1, 0.15) is 6.61 Å². The zero-order valence-corrected chi connectivity index (χ0v) is 12.4. The quantitative estimate of drug-likeness (QED) is 0.837. The minimum atomic E-state index is -0.153. The van der Waals surface area contributed by atoms with Gasteiger partial charge in [-0.1, -0.05) is 18.3 Å². The average molecular weight is 289 g/mol. The molecule has 1 amide bonds. The van der Waals surface area contributed by atoms with Gasteiger partial charge in [-0.05, 0) is 43.4 Å². The second kappa shape index (κ2) is 7.37. The number of rotatable bonds is 3. The molecule has 1 aliphatic carbocycles. The van der Waals surface area contributed by atoms with Crippen LogP contribution in [0.3, 0.4) is 0 Å². The molecular weight excluding hydrogens is 270 g/mol. The van der Waals surface area contributed by atoms with Crippen LogP contribution in [0.15, 0.2) is 24.3 Å². The van der Waals surface area contributed by atoms with Crippen LogP contribution >= 0.6 is 11.8 Å². The van der Waals surface area contributed by atoms with E-state index in [1.165, 1.54) is 12.8 Å². The van der Waals surface area contributed by atoms with E-state index in [-0.39, 0.29) is 18.6 Å². The maximum Gasteiger partial charge on any atom is 0.251 e. The van der Waals surface area contributed by atoms with Crippen molar-refractivity contribution in [3.8, 4) is 11.8 Å². The Labute approximate surface area is 124 Å². The van der Waals surface area contributed by atoms with Gasteiger partial charge in [-0.2, -0.15) is 11.8 Å². The zero-order valence-electron chi connectivity index (χ0n) is 11.6. The largest absolute Gasteiger partial charge is 0.384 e.